The van der Waals surface area contributed by atoms with E-state index in [-0.39, 0.29) is 12.5 Å². The molecule has 1 aliphatic rings. The molecule has 0 fully saturated rings. The fourth-order valence-electron chi connectivity index (χ4n) is 2.54. The quantitative estimate of drug-likeness (QED) is 0.883. The molecule has 1 aromatic carbocycles. The highest BCUT2D eigenvalue weighted by molar-refractivity contribution is 5.39. The molecule has 0 aromatic heterocycles. The van der Waals surface area contributed by atoms with Crippen LogP contribution in [0.25, 0.3) is 0 Å². The molecule has 1 aromatic rings. The summed E-state index contributed by atoms with van der Waals surface area (Å²) in [5, 5.41) is 3.14. The standard InChI is InChI=1S/C15H20F3NO/c1-2-19-13(7-8-15(16,17)18)11-5-6-14-12(10-11)4-3-9-20-14/h5-6,10,13,19H,2-4,7-9H2,1H3. The van der Waals surface area contributed by atoms with Gasteiger partial charge in [0.2, 0.25) is 0 Å². The van der Waals surface area contributed by atoms with Gasteiger partial charge in [0.25, 0.3) is 0 Å². The van der Waals surface area contributed by atoms with Crippen molar-refractivity contribution >= 4 is 0 Å². The van der Waals surface area contributed by atoms with Crippen LogP contribution in [0.15, 0.2) is 18.2 Å². The highest BCUT2D eigenvalue weighted by Crippen LogP contribution is 2.31. The Hall–Kier alpha value is -1.23. The van der Waals surface area contributed by atoms with E-state index in [2.05, 4.69) is 5.32 Å². The maximum Gasteiger partial charge on any atom is 0.389 e. The number of alkyl halides is 3. The number of hydrogen-bond acceptors (Lipinski definition) is 2. The Kier molecular flexibility index (Phi) is 4.91. The first-order valence-electron chi connectivity index (χ1n) is 7.05. The normalized spacial score (nSPS) is 16.4. The molecule has 0 saturated carbocycles. The van der Waals surface area contributed by atoms with Crippen LogP contribution in [0, 0.1) is 0 Å². The zero-order valence-electron chi connectivity index (χ0n) is 11.6. The largest absolute Gasteiger partial charge is 0.493 e. The number of rotatable bonds is 5. The summed E-state index contributed by atoms with van der Waals surface area (Å²) in [6, 6.07) is 5.47. The maximum atomic E-state index is 12.4. The van der Waals surface area contributed by atoms with Crippen molar-refractivity contribution in [1.29, 1.82) is 0 Å². The van der Waals surface area contributed by atoms with Crippen LogP contribution >= 0.6 is 0 Å². The van der Waals surface area contributed by atoms with Crippen LogP contribution in [0.3, 0.4) is 0 Å². The van der Waals surface area contributed by atoms with E-state index in [1.807, 2.05) is 25.1 Å². The third-order valence-electron chi connectivity index (χ3n) is 3.50. The molecule has 1 N–H and O–H groups in total. The van der Waals surface area contributed by atoms with E-state index in [9.17, 15) is 13.2 Å². The van der Waals surface area contributed by atoms with Gasteiger partial charge < -0.3 is 10.1 Å². The van der Waals surface area contributed by atoms with Gasteiger partial charge in [0.05, 0.1) is 6.61 Å². The lowest BCUT2D eigenvalue weighted by atomic mass is 9.96. The summed E-state index contributed by atoms with van der Waals surface area (Å²) in [4.78, 5) is 0. The van der Waals surface area contributed by atoms with Crippen LogP contribution in [-0.2, 0) is 6.42 Å². The molecule has 20 heavy (non-hydrogen) atoms. The van der Waals surface area contributed by atoms with Gasteiger partial charge in [0, 0.05) is 12.5 Å². The van der Waals surface area contributed by atoms with Crippen LogP contribution in [-0.4, -0.2) is 19.3 Å². The zero-order valence-corrected chi connectivity index (χ0v) is 11.6. The SMILES string of the molecule is CCNC(CCC(F)(F)F)c1ccc2c(c1)CCCO2. The summed E-state index contributed by atoms with van der Waals surface area (Å²) < 4.78 is 42.7. The molecule has 0 radical (unpaired) electrons. The predicted octanol–water partition coefficient (Wildman–Crippen LogP) is 4.00. The second kappa shape index (κ2) is 6.48. The molecule has 1 heterocycles. The van der Waals surface area contributed by atoms with E-state index < -0.39 is 12.6 Å². The molecule has 5 heteroatoms. The molecule has 112 valence electrons. The topological polar surface area (TPSA) is 21.3 Å². The lowest BCUT2D eigenvalue weighted by Gasteiger charge is -2.23. The van der Waals surface area contributed by atoms with E-state index in [0.29, 0.717) is 6.54 Å². The third kappa shape index (κ3) is 4.13. The Morgan fingerprint density at radius 1 is 1.35 bits per heavy atom. The Balaban J connectivity index is 2.12. The highest BCUT2D eigenvalue weighted by atomic mass is 19.4. The van der Waals surface area contributed by atoms with E-state index in [1.165, 1.54) is 0 Å². The molecule has 1 unspecified atom stereocenters. The summed E-state index contributed by atoms with van der Waals surface area (Å²) in [6.45, 7) is 3.27. The van der Waals surface area contributed by atoms with Crippen molar-refractivity contribution in [3.8, 4) is 5.75 Å². The molecular formula is C15H20F3NO. The molecule has 0 spiro atoms. The summed E-state index contributed by atoms with van der Waals surface area (Å²) in [7, 11) is 0. The van der Waals surface area contributed by atoms with Gasteiger partial charge in [-0.25, -0.2) is 0 Å². The number of halogens is 3. The molecule has 2 rings (SSSR count). The summed E-state index contributed by atoms with van der Waals surface area (Å²) in [6.07, 6.45) is -2.91. The number of nitrogens with one attached hydrogen (secondary N) is 1. The average Bonchev–Trinajstić information content (AvgIpc) is 2.42. The van der Waals surface area contributed by atoms with Crippen molar-refractivity contribution in [2.24, 2.45) is 0 Å². The van der Waals surface area contributed by atoms with Gasteiger partial charge in [0.1, 0.15) is 5.75 Å². The van der Waals surface area contributed by atoms with Crippen LogP contribution in [0.2, 0.25) is 0 Å². The highest BCUT2D eigenvalue weighted by Gasteiger charge is 2.28. The minimum Gasteiger partial charge on any atom is -0.493 e. The van der Waals surface area contributed by atoms with Gasteiger partial charge in [-0.05, 0) is 43.0 Å². The van der Waals surface area contributed by atoms with Gasteiger partial charge in [-0.15, -0.1) is 0 Å². The molecule has 0 bridgehead atoms. The maximum absolute atomic E-state index is 12.4. The minimum atomic E-state index is -4.11. The number of fused-ring (bicyclic) bond motifs is 1. The first kappa shape index (κ1) is 15.2. The Morgan fingerprint density at radius 2 is 2.15 bits per heavy atom. The fraction of sp³-hybridized carbons (Fsp3) is 0.600. The van der Waals surface area contributed by atoms with Crippen molar-refractivity contribution in [2.45, 2.75) is 44.8 Å². The second-order valence-corrected chi connectivity index (χ2v) is 5.08. The van der Waals surface area contributed by atoms with Gasteiger partial charge in [0.15, 0.2) is 0 Å². The number of ether oxygens (including phenoxy) is 1. The molecule has 2 nitrogen and oxygen atoms in total. The van der Waals surface area contributed by atoms with Crippen LogP contribution in [0.1, 0.15) is 43.4 Å². The fourth-order valence-corrected chi connectivity index (χ4v) is 2.54. The Labute approximate surface area is 117 Å². The van der Waals surface area contributed by atoms with Crippen molar-refractivity contribution in [2.75, 3.05) is 13.2 Å². The van der Waals surface area contributed by atoms with Gasteiger partial charge in [-0.3, -0.25) is 0 Å². The van der Waals surface area contributed by atoms with Crippen molar-refractivity contribution in [3.05, 3.63) is 29.3 Å². The lowest BCUT2D eigenvalue weighted by molar-refractivity contribution is -0.136. The van der Waals surface area contributed by atoms with Crippen molar-refractivity contribution in [1.82, 2.24) is 5.32 Å². The monoisotopic (exact) mass is 287 g/mol. The van der Waals surface area contributed by atoms with E-state index >= 15 is 0 Å². The molecule has 1 aliphatic heterocycles. The van der Waals surface area contributed by atoms with E-state index in [4.69, 9.17) is 4.74 Å². The smallest absolute Gasteiger partial charge is 0.389 e. The van der Waals surface area contributed by atoms with Crippen LogP contribution in [0.4, 0.5) is 13.2 Å². The van der Waals surface area contributed by atoms with Crippen molar-refractivity contribution < 1.29 is 17.9 Å². The number of aryl methyl sites for hydroxylation is 1. The van der Waals surface area contributed by atoms with Crippen LogP contribution in [0.5, 0.6) is 5.75 Å². The van der Waals surface area contributed by atoms with Crippen LogP contribution < -0.4 is 10.1 Å². The van der Waals surface area contributed by atoms with E-state index in [1.54, 1.807) is 0 Å². The first-order chi connectivity index (χ1) is 9.49. The first-order valence-corrected chi connectivity index (χ1v) is 7.05. The number of benzene rings is 1. The molecule has 0 amide bonds. The Morgan fingerprint density at radius 3 is 2.85 bits per heavy atom. The zero-order chi connectivity index (χ0) is 14.6. The van der Waals surface area contributed by atoms with Gasteiger partial charge >= 0.3 is 6.18 Å². The van der Waals surface area contributed by atoms with Crippen molar-refractivity contribution in [3.63, 3.8) is 0 Å². The van der Waals surface area contributed by atoms with Gasteiger partial charge in [-0.1, -0.05) is 19.1 Å². The molecule has 0 saturated heterocycles. The summed E-state index contributed by atoms with van der Waals surface area (Å²) in [5.74, 6) is 0.867. The summed E-state index contributed by atoms with van der Waals surface area (Å²) in [5.41, 5.74) is 2.02. The summed E-state index contributed by atoms with van der Waals surface area (Å²) >= 11 is 0. The predicted molar refractivity (Wildman–Crippen MR) is 72.0 cm³/mol. The third-order valence-corrected chi connectivity index (χ3v) is 3.50. The lowest BCUT2D eigenvalue weighted by Crippen LogP contribution is -2.23. The Bertz CT molecular complexity index is 445. The molecule has 1 atom stereocenters. The average molecular weight is 287 g/mol. The number of hydrogen-bond donors (Lipinski definition) is 1. The van der Waals surface area contributed by atoms with Gasteiger partial charge in [-0.2, -0.15) is 13.2 Å². The van der Waals surface area contributed by atoms with E-state index in [0.717, 1.165) is 36.3 Å². The second-order valence-electron chi connectivity index (χ2n) is 5.08. The molecular weight excluding hydrogens is 267 g/mol. The molecule has 0 aliphatic carbocycles. The minimum absolute atomic E-state index is 0.0665.